The van der Waals surface area contributed by atoms with Crippen LogP contribution in [0.2, 0.25) is 0 Å². The van der Waals surface area contributed by atoms with Crippen LogP contribution in [0.1, 0.15) is 61.5 Å². The van der Waals surface area contributed by atoms with Gasteiger partial charge >= 0.3 is 0 Å². The van der Waals surface area contributed by atoms with Gasteiger partial charge < -0.3 is 14.6 Å². The van der Waals surface area contributed by atoms with E-state index in [0.717, 1.165) is 37.2 Å². The molecule has 3 heterocycles. The molecule has 3 aromatic rings. The average molecular weight is 451 g/mol. The molecule has 8 nitrogen and oxygen atoms in total. The van der Waals surface area contributed by atoms with Crippen molar-refractivity contribution in [2.75, 3.05) is 20.1 Å². The first-order chi connectivity index (χ1) is 15.9. The Morgan fingerprint density at radius 3 is 2.82 bits per heavy atom. The Morgan fingerprint density at radius 1 is 1.27 bits per heavy atom. The summed E-state index contributed by atoms with van der Waals surface area (Å²) in [6.45, 7) is 8.00. The van der Waals surface area contributed by atoms with Gasteiger partial charge in [-0.25, -0.2) is 4.68 Å². The van der Waals surface area contributed by atoms with E-state index in [-0.39, 0.29) is 5.91 Å². The maximum atomic E-state index is 12.8. The van der Waals surface area contributed by atoms with E-state index in [0.29, 0.717) is 41.5 Å². The molecule has 0 unspecified atom stereocenters. The summed E-state index contributed by atoms with van der Waals surface area (Å²) >= 11 is 0. The normalized spacial score (nSPS) is 16.6. The molecule has 1 aliphatic rings. The molecule has 1 saturated heterocycles. The van der Waals surface area contributed by atoms with Crippen LogP contribution in [0.15, 0.2) is 34.7 Å². The summed E-state index contributed by atoms with van der Waals surface area (Å²) in [7, 11) is 2.16. The van der Waals surface area contributed by atoms with Crippen molar-refractivity contribution >= 4 is 5.91 Å². The molecule has 1 amide bonds. The number of hydrogen-bond donors (Lipinski definition) is 1. The van der Waals surface area contributed by atoms with Crippen LogP contribution >= 0.6 is 0 Å². The molecule has 0 aliphatic carbocycles. The summed E-state index contributed by atoms with van der Waals surface area (Å²) in [5, 5.41) is 15.9. The number of aromatic nitrogens is 4. The van der Waals surface area contributed by atoms with Gasteiger partial charge in [0, 0.05) is 30.8 Å². The molecule has 1 aliphatic heterocycles. The molecule has 0 spiro atoms. The second kappa shape index (κ2) is 10.3. The van der Waals surface area contributed by atoms with Gasteiger partial charge in [-0.05, 0) is 75.9 Å². The summed E-state index contributed by atoms with van der Waals surface area (Å²) in [6, 6.07) is 10.2. The molecule has 0 saturated carbocycles. The number of nitrogens with one attached hydrogen (secondary N) is 1. The van der Waals surface area contributed by atoms with Crippen LogP contribution in [0.4, 0.5) is 0 Å². The lowest BCUT2D eigenvalue weighted by atomic mass is 10.1. The smallest absolute Gasteiger partial charge is 0.268 e. The zero-order valence-electron chi connectivity index (χ0n) is 20.0. The third kappa shape index (κ3) is 5.68. The van der Waals surface area contributed by atoms with E-state index in [4.69, 9.17) is 9.52 Å². The van der Waals surface area contributed by atoms with Crippen LogP contribution in [0, 0.1) is 12.8 Å². The minimum atomic E-state index is -0.0545. The van der Waals surface area contributed by atoms with E-state index in [1.807, 2.05) is 35.0 Å². The minimum Gasteiger partial charge on any atom is -0.420 e. The zero-order valence-corrected chi connectivity index (χ0v) is 20.0. The summed E-state index contributed by atoms with van der Waals surface area (Å²) in [4.78, 5) is 15.2. The first-order valence-corrected chi connectivity index (χ1v) is 11.9. The molecule has 1 N–H and O–H groups in total. The molecule has 1 atom stereocenters. The SMILES string of the molecule is Cc1nnc(-c2cc(CCC(C)C)n(-c3cccc(C(=O)NCC[C@H]4CCCN4C)c3)n2)o1. The fourth-order valence-electron chi connectivity index (χ4n) is 4.34. The number of carbonyl (C=O) groups excluding carboxylic acids is 1. The summed E-state index contributed by atoms with van der Waals surface area (Å²) in [6.07, 6.45) is 5.33. The molecular weight excluding hydrogens is 416 g/mol. The van der Waals surface area contributed by atoms with Crippen LogP contribution in [0.5, 0.6) is 0 Å². The maximum absolute atomic E-state index is 12.8. The highest BCUT2D eigenvalue weighted by Crippen LogP contribution is 2.23. The molecule has 2 aromatic heterocycles. The Labute approximate surface area is 195 Å². The lowest BCUT2D eigenvalue weighted by molar-refractivity contribution is 0.0950. The number of rotatable bonds is 9. The topological polar surface area (TPSA) is 89.1 Å². The van der Waals surface area contributed by atoms with E-state index >= 15 is 0 Å². The second-order valence-corrected chi connectivity index (χ2v) is 9.36. The Morgan fingerprint density at radius 2 is 2.12 bits per heavy atom. The number of benzene rings is 1. The number of carbonyl (C=O) groups is 1. The monoisotopic (exact) mass is 450 g/mol. The number of aryl methyl sites for hydroxylation is 2. The van der Waals surface area contributed by atoms with Crippen molar-refractivity contribution in [2.24, 2.45) is 5.92 Å². The lowest BCUT2D eigenvalue weighted by Crippen LogP contribution is -2.31. The number of hydrogen-bond acceptors (Lipinski definition) is 6. The Balaban J connectivity index is 1.52. The molecule has 8 heteroatoms. The predicted octanol–water partition coefficient (Wildman–Crippen LogP) is 4.03. The largest absolute Gasteiger partial charge is 0.420 e. The fraction of sp³-hybridized carbons (Fsp3) is 0.520. The number of nitrogens with zero attached hydrogens (tertiary/aromatic N) is 5. The van der Waals surface area contributed by atoms with Gasteiger partial charge in [-0.1, -0.05) is 19.9 Å². The standard InChI is InChI=1S/C25H34N6O2/c1-17(2)10-11-22-16-23(25-28-27-18(3)33-25)29-31(22)21-8-5-7-19(15-21)24(32)26-13-12-20-9-6-14-30(20)4/h5,7-8,15-17,20H,6,9-14H2,1-4H3,(H,26,32)/t20-/m1/s1. The van der Waals surface area contributed by atoms with E-state index in [1.54, 1.807) is 6.92 Å². The number of likely N-dealkylation sites (tertiary alicyclic amines) is 1. The van der Waals surface area contributed by atoms with Gasteiger partial charge in [0.1, 0.15) is 5.69 Å². The molecule has 0 radical (unpaired) electrons. The first-order valence-electron chi connectivity index (χ1n) is 11.9. The van der Waals surface area contributed by atoms with Gasteiger partial charge in [0.25, 0.3) is 11.8 Å². The van der Waals surface area contributed by atoms with E-state index in [2.05, 4.69) is 41.3 Å². The van der Waals surface area contributed by atoms with Crippen molar-refractivity contribution in [3.63, 3.8) is 0 Å². The fourth-order valence-corrected chi connectivity index (χ4v) is 4.34. The van der Waals surface area contributed by atoms with Gasteiger partial charge in [-0.2, -0.15) is 5.10 Å². The van der Waals surface area contributed by atoms with Crippen LogP contribution in [-0.4, -0.2) is 57.0 Å². The van der Waals surface area contributed by atoms with Crippen molar-refractivity contribution in [1.82, 2.24) is 30.2 Å². The van der Waals surface area contributed by atoms with Gasteiger partial charge in [0.2, 0.25) is 5.89 Å². The quantitative estimate of drug-likeness (QED) is 0.529. The van der Waals surface area contributed by atoms with E-state index < -0.39 is 0 Å². The molecule has 0 bridgehead atoms. The lowest BCUT2D eigenvalue weighted by Gasteiger charge is -2.19. The van der Waals surface area contributed by atoms with Crippen molar-refractivity contribution in [1.29, 1.82) is 0 Å². The third-order valence-electron chi connectivity index (χ3n) is 6.29. The van der Waals surface area contributed by atoms with E-state index in [9.17, 15) is 4.79 Å². The Hall–Kier alpha value is -3.00. The highest BCUT2D eigenvalue weighted by molar-refractivity contribution is 5.94. The van der Waals surface area contributed by atoms with Gasteiger partial charge in [-0.15, -0.1) is 10.2 Å². The van der Waals surface area contributed by atoms with Crippen molar-refractivity contribution < 1.29 is 9.21 Å². The zero-order chi connectivity index (χ0) is 23.4. The predicted molar refractivity (Wildman–Crippen MR) is 127 cm³/mol. The third-order valence-corrected chi connectivity index (χ3v) is 6.29. The van der Waals surface area contributed by atoms with E-state index in [1.165, 1.54) is 12.8 Å². The van der Waals surface area contributed by atoms with Crippen LogP contribution < -0.4 is 5.32 Å². The highest BCUT2D eigenvalue weighted by atomic mass is 16.4. The Bertz CT molecular complexity index is 1090. The highest BCUT2D eigenvalue weighted by Gasteiger charge is 2.21. The second-order valence-electron chi connectivity index (χ2n) is 9.36. The summed E-state index contributed by atoms with van der Waals surface area (Å²) in [5.41, 5.74) is 3.17. The van der Waals surface area contributed by atoms with Gasteiger partial charge in [-0.3, -0.25) is 4.79 Å². The van der Waals surface area contributed by atoms with Crippen LogP contribution in [0.3, 0.4) is 0 Å². The summed E-state index contributed by atoms with van der Waals surface area (Å²) < 4.78 is 7.48. The van der Waals surface area contributed by atoms with Crippen molar-refractivity contribution in [3.05, 3.63) is 47.5 Å². The molecular formula is C25H34N6O2. The average Bonchev–Trinajstić information content (AvgIpc) is 3.52. The molecule has 176 valence electrons. The molecule has 4 rings (SSSR count). The minimum absolute atomic E-state index is 0.0545. The maximum Gasteiger partial charge on any atom is 0.268 e. The summed E-state index contributed by atoms with van der Waals surface area (Å²) in [5.74, 6) is 1.42. The van der Waals surface area contributed by atoms with Crippen molar-refractivity contribution in [3.8, 4) is 17.3 Å². The molecule has 1 aromatic carbocycles. The van der Waals surface area contributed by atoms with Crippen LogP contribution in [0.25, 0.3) is 17.3 Å². The molecule has 33 heavy (non-hydrogen) atoms. The van der Waals surface area contributed by atoms with Gasteiger partial charge in [0.05, 0.1) is 5.69 Å². The van der Waals surface area contributed by atoms with Crippen molar-refractivity contribution in [2.45, 2.75) is 58.9 Å². The van der Waals surface area contributed by atoms with Crippen LogP contribution in [-0.2, 0) is 6.42 Å². The van der Waals surface area contributed by atoms with Gasteiger partial charge in [0.15, 0.2) is 0 Å². The Kier molecular flexibility index (Phi) is 7.23. The number of amides is 1. The molecule has 1 fully saturated rings. The first kappa shape index (κ1) is 23.2.